The van der Waals surface area contributed by atoms with Crippen molar-refractivity contribution in [2.45, 2.75) is 6.92 Å². The number of halogens is 1. The van der Waals surface area contributed by atoms with E-state index in [1.54, 1.807) is 4.90 Å². The first-order chi connectivity index (χ1) is 15.6. The highest BCUT2D eigenvalue weighted by molar-refractivity contribution is 9.10. The lowest BCUT2D eigenvalue weighted by Gasteiger charge is -2.13. The van der Waals surface area contributed by atoms with Crippen molar-refractivity contribution >= 4 is 60.2 Å². The van der Waals surface area contributed by atoms with Crippen molar-refractivity contribution in [2.75, 3.05) is 11.4 Å². The third-order valence-corrected chi connectivity index (χ3v) is 7.23. The highest BCUT2D eigenvalue weighted by Gasteiger charge is 2.33. The fourth-order valence-corrected chi connectivity index (χ4v) is 5.62. The van der Waals surface area contributed by atoms with Gasteiger partial charge in [-0.25, -0.2) is 0 Å². The van der Waals surface area contributed by atoms with E-state index in [1.807, 2.05) is 67.6 Å². The maximum absolute atomic E-state index is 13.3. The first-order valence-electron chi connectivity index (χ1n) is 10.1. The van der Waals surface area contributed by atoms with E-state index in [-0.39, 0.29) is 11.5 Å². The lowest BCUT2D eigenvalue weighted by Crippen LogP contribution is -2.32. The summed E-state index contributed by atoms with van der Waals surface area (Å²) in [5.41, 5.74) is 2.53. The molecular weight excluding hydrogens is 488 g/mol. The molecule has 3 heterocycles. The molecule has 156 valence electrons. The van der Waals surface area contributed by atoms with E-state index in [1.165, 1.54) is 15.9 Å². The average Bonchev–Trinajstić information content (AvgIpc) is 3.43. The summed E-state index contributed by atoms with van der Waals surface area (Å²) >= 11 is 4.68. The molecule has 6 nitrogen and oxygen atoms in total. The third kappa shape index (κ3) is 2.69. The average molecular weight is 503 g/mol. The Morgan fingerprint density at radius 2 is 1.81 bits per heavy atom. The van der Waals surface area contributed by atoms with E-state index in [0.717, 1.165) is 32.1 Å². The molecule has 0 bridgehead atoms. The maximum Gasteiger partial charge on any atom is 0.291 e. The molecule has 1 aliphatic rings. The van der Waals surface area contributed by atoms with E-state index >= 15 is 0 Å². The van der Waals surface area contributed by atoms with Gasteiger partial charge in [0.05, 0.1) is 11.3 Å². The van der Waals surface area contributed by atoms with E-state index in [0.29, 0.717) is 27.4 Å². The van der Waals surface area contributed by atoms with Crippen molar-refractivity contribution < 1.29 is 4.79 Å². The topological polar surface area (TPSA) is 67.6 Å². The zero-order valence-corrected chi connectivity index (χ0v) is 19.3. The maximum atomic E-state index is 13.3. The van der Waals surface area contributed by atoms with Gasteiger partial charge in [0, 0.05) is 22.1 Å². The second-order valence-corrected chi connectivity index (χ2v) is 9.37. The van der Waals surface area contributed by atoms with Crippen LogP contribution in [-0.4, -0.2) is 27.0 Å². The Kier molecular flexibility index (Phi) is 4.28. The van der Waals surface area contributed by atoms with Crippen LogP contribution in [0.4, 0.5) is 5.69 Å². The minimum Gasteiger partial charge on any atom is -0.308 e. The zero-order chi connectivity index (χ0) is 22.0. The molecule has 1 aliphatic heterocycles. The minimum absolute atomic E-state index is 0.170. The van der Waals surface area contributed by atoms with Crippen molar-refractivity contribution in [1.29, 1.82) is 0 Å². The Morgan fingerprint density at radius 1 is 1.00 bits per heavy atom. The molecule has 1 amide bonds. The van der Waals surface area contributed by atoms with Crippen molar-refractivity contribution in [3.8, 4) is 11.4 Å². The van der Waals surface area contributed by atoms with Crippen LogP contribution in [-0.2, 0) is 4.79 Å². The molecule has 0 unspecified atom stereocenters. The molecule has 0 spiro atoms. The first-order valence-corrected chi connectivity index (χ1v) is 11.7. The van der Waals surface area contributed by atoms with Crippen LogP contribution in [0.1, 0.15) is 12.5 Å². The molecule has 0 saturated carbocycles. The number of thiazole rings is 1. The number of nitrogens with zero attached hydrogens (tertiary/aromatic N) is 4. The molecule has 2 aromatic heterocycles. The van der Waals surface area contributed by atoms with Gasteiger partial charge in [0.1, 0.15) is 4.53 Å². The van der Waals surface area contributed by atoms with Crippen LogP contribution in [0.25, 0.3) is 32.7 Å². The zero-order valence-electron chi connectivity index (χ0n) is 16.9. The summed E-state index contributed by atoms with van der Waals surface area (Å²) in [5.74, 6) is 0.328. The largest absolute Gasteiger partial charge is 0.308 e. The summed E-state index contributed by atoms with van der Waals surface area (Å²) in [6, 6.07) is 19.6. The number of likely N-dealkylation sites (N-methyl/N-ethyl adjacent to an activating group) is 1. The van der Waals surface area contributed by atoms with E-state index in [9.17, 15) is 9.59 Å². The molecule has 5 aromatic rings. The monoisotopic (exact) mass is 502 g/mol. The van der Waals surface area contributed by atoms with E-state index in [4.69, 9.17) is 0 Å². The minimum atomic E-state index is -0.323. The van der Waals surface area contributed by atoms with Gasteiger partial charge >= 0.3 is 0 Å². The van der Waals surface area contributed by atoms with Crippen molar-refractivity contribution in [1.82, 2.24) is 14.6 Å². The quantitative estimate of drug-likeness (QED) is 0.365. The SMILES string of the molecule is CCN1C(=O)/C(=c2\sc3nc(-c4cccc5ccccc45)nn3c2=O)c2cc(Br)ccc21. The van der Waals surface area contributed by atoms with Gasteiger partial charge in [-0.1, -0.05) is 69.7 Å². The number of benzene rings is 3. The number of aromatic nitrogens is 3. The van der Waals surface area contributed by atoms with Crippen LogP contribution in [0.5, 0.6) is 0 Å². The Balaban J connectivity index is 1.60. The summed E-state index contributed by atoms with van der Waals surface area (Å²) in [6.45, 7) is 2.45. The van der Waals surface area contributed by atoms with Crippen molar-refractivity contribution in [2.24, 2.45) is 0 Å². The van der Waals surface area contributed by atoms with E-state index in [2.05, 4.69) is 26.0 Å². The van der Waals surface area contributed by atoms with E-state index < -0.39 is 0 Å². The molecule has 0 aliphatic carbocycles. The molecule has 3 aromatic carbocycles. The molecule has 32 heavy (non-hydrogen) atoms. The smallest absolute Gasteiger partial charge is 0.291 e. The van der Waals surface area contributed by atoms with Crippen LogP contribution in [0.3, 0.4) is 0 Å². The summed E-state index contributed by atoms with van der Waals surface area (Å²) in [7, 11) is 0. The van der Waals surface area contributed by atoms with Gasteiger partial charge < -0.3 is 4.90 Å². The molecule has 0 atom stereocenters. The predicted octanol–water partition coefficient (Wildman–Crippen LogP) is 4.02. The standard InChI is InChI=1S/C24H15BrN4O2S/c1-2-28-18-11-10-14(25)12-17(18)19(22(28)30)20-23(31)29-24(32-20)26-21(27-29)16-9-5-7-13-6-3-4-8-15(13)16/h3-12H,2H2,1H3/b20-19-. The number of hydrogen-bond acceptors (Lipinski definition) is 5. The Bertz CT molecular complexity index is 1680. The fraction of sp³-hybridized carbons (Fsp3) is 0.0833. The van der Waals surface area contributed by atoms with Crippen LogP contribution in [0.15, 0.2) is 69.9 Å². The van der Waals surface area contributed by atoms with Crippen LogP contribution < -0.4 is 15.0 Å². The third-order valence-electron chi connectivity index (χ3n) is 5.71. The van der Waals surface area contributed by atoms with Crippen molar-refractivity contribution in [3.05, 3.63) is 85.6 Å². The summed E-state index contributed by atoms with van der Waals surface area (Å²) < 4.78 is 2.53. The van der Waals surface area contributed by atoms with Crippen molar-refractivity contribution in [3.63, 3.8) is 0 Å². The number of hydrogen-bond donors (Lipinski definition) is 0. The van der Waals surface area contributed by atoms with Crippen LogP contribution >= 0.6 is 27.3 Å². The number of amides is 1. The van der Waals surface area contributed by atoms with Gasteiger partial charge in [-0.3, -0.25) is 9.59 Å². The molecule has 6 rings (SSSR count). The highest BCUT2D eigenvalue weighted by Crippen LogP contribution is 2.37. The van der Waals surface area contributed by atoms with Gasteiger partial charge in [0.25, 0.3) is 11.5 Å². The van der Waals surface area contributed by atoms with Gasteiger partial charge in [0.15, 0.2) is 5.82 Å². The van der Waals surface area contributed by atoms with Gasteiger partial charge in [0.2, 0.25) is 4.96 Å². The molecule has 0 fully saturated rings. The summed E-state index contributed by atoms with van der Waals surface area (Å²) in [4.78, 5) is 33.3. The van der Waals surface area contributed by atoms with Gasteiger partial charge in [-0.15, -0.1) is 5.10 Å². The Labute approximate surface area is 194 Å². The first kappa shape index (κ1) is 19.3. The number of fused-ring (bicyclic) bond motifs is 3. The summed E-state index contributed by atoms with van der Waals surface area (Å²) in [6.07, 6.45) is 0. The molecular formula is C24H15BrN4O2S. The number of rotatable bonds is 2. The molecule has 0 saturated heterocycles. The molecule has 0 radical (unpaired) electrons. The second kappa shape index (κ2) is 7.08. The lowest BCUT2D eigenvalue weighted by molar-refractivity contribution is -0.113. The van der Waals surface area contributed by atoms with Crippen LogP contribution in [0.2, 0.25) is 0 Å². The lowest BCUT2D eigenvalue weighted by atomic mass is 10.0. The Hall–Kier alpha value is -3.36. The fourth-order valence-electron chi connectivity index (χ4n) is 4.26. The molecule has 0 N–H and O–H groups in total. The van der Waals surface area contributed by atoms with Crippen LogP contribution in [0, 0.1) is 0 Å². The molecule has 8 heteroatoms. The predicted molar refractivity (Wildman–Crippen MR) is 130 cm³/mol. The number of anilines is 1. The summed E-state index contributed by atoms with van der Waals surface area (Å²) in [5, 5.41) is 6.63. The number of carbonyl (C=O) groups excluding carboxylic acids is 1. The Morgan fingerprint density at radius 3 is 2.62 bits per heavy atom. The normalized spacial score (nSPS) is 15.2. The second-order valence-electron chi connectivity index (χ2n) is 7.48. The number of carbonyl (C=O) groups is 1. The van der Waals surface area contributed by atoms with Gasteiger partial charge in [-0.2, -0.15) is 9.50 Å². The highest BCUT2D eigenvalue weighted by atomic mass is 79.9. The van der Waals surface area contributed by atoms with Gasteiger partial charge in [-0.05, 0) is 35.9 Å².